The van der Waals surface area contributed by atoms with Crippen molar-refractivity contribution in [2.45, 2.75) is 13.5 Å². The lowest BCUT2D eigenvalue weighted by atomic mass is 10.1. The molecule has 1 N–H and O–H groups in total. The predicted octanol–water partition coefficient (Wildman–Crippen LogP) is 4.74. The number of carbonyl (C=O) groups excluding carboxylic acids is 4. The van der Waals surface area contributed by atoms with Gasteiger partial charge in [-0.15, -0.1) is 11.3 Å². The van der Waals surface area contributed by atoms with Crippen LogP contribution in [0.2, 0.25) is 0 Å². The van der Waals surface area contributed by atoms with E-state index in [2.05, 4.69) is 21.2 Å². The number of nitrogens with zero attached hydrogens (tertiary/aromatic N) is 1. The van der Waals surface area contributed by atoms with Gasteiger partial charge in [0.25, 0.3) is 17.7 Å². The van der Waals surface area contributed by atoms with Crippen molar-refractivity contribution in [3.05, 3.63) is 86.2 Å². The molecule has 0 fully saturated rings. The van der Waals surface area contributed by atoms with E-state index in [9.17, 15) is 19.2 Å². The molecule has 3 aromatic rings. The molecule has 1 aliphatic heterocycles. The zero-order valence-electron chi connectivity index (χ0n) is 16.9. The second kappa shape index (κ2) is 9.05. The molecule has 3 amide bonds. The van der Waals surface area contributed by atoms with Crippen molar-refractivity contribution in [1.29, 1.82) is 0 Å². The molecule has 2 heterocycles. The molecule has 162 valence electrons. The van der Waals surface area contributed by atoms with Gasteiger partial charge in [0.2, 0.25) is 0 Å². The normalized spacial score (nSPS) is 12.6. The number of esters is 1. The van der Waals surface area contributed by atoms with Crippen molar-refractivity contribution in [2.24, 2.45) is 0 Å². The summed E-state index contributed by atoms with van der Waals surface area (Å²) in [5.41, 5.74) is 1.29. The average molecular weight is 513 g/mol. The van der Waals surface area contributed by atoms with Gasteiger partial charge in [-0.05, 0) is 49.4 Å². The number of imide groups is 1. The number of amides is 3. The third kappa shape index (κ3) is 4.21. The van der Waals surface area contributed by atoms with Crippen LogP contribution in [0.15, 0.2) is 59.1 Å². The Labute approximate surface area is 196 Å². The van der Waals surface area contributed by atoms with Crippen LogP contribution in [-0.2, 0) is 11.3 Å². The van der Waals surface area contributed by atoms with Gasteiger partial charge < -0.3 is 10.1 Å². The largest absolute Gasteiger partial charge is 0.462 e. The monoisotopic (exact) mass is 512 g/mol. The van der Waals surface area contributed by atoms with Crippen LogP contribution in [0, 0.1) is 0 Å². The summed E-state index contributed by atoms with van der Waals surface area (Å²) in [6.45, 7) is 1.84. The molecule has 0 saturated heterocycles. The van der Waals surface area contributed by atoms with E-state index in [1.54, 1.807) is 61.5 Å². The minimum absolute atomic E-state index is 0.0163. The molecule has 0 spiro atoms. The number of carbonyl (C=O) groups is 4. The number of anilines is 1. The van der Waals surface area contributed by atoms with Crippen LogP contribution in [0.4, 0.5) is 5.00 Å². The van der Waals surface area contributed by atoms with Gasteiger partial charge in [-0.2, -0.15) is 0 Å². The van der Waals surface area contributed by atoms with Crippen LogP contribution in [0.5, 0.6) is 0 Å². The average Bonchev–Trinajstić information content (AvgIpc) is 3.29. The lowest BCUT2D eigenvalue weighted by Gasteiger charge is -2.12. The molecule has 2 aromatic carbocycles. The summed E-state index contributed by atoms with van der Waals surface area (Å²) in [6.07, 6.45) is 0. The molecule has 4 rings (SSSR count). The molecule has 7 nitrogen and oxygen atoms in total. The van der Waals surface area contributed by atoms with Crippen LogP contribution < -0.4 is 5.32 Å². The minimum Gasteiger partial charge on any atom is -0.462 e. The molecule has 0 aliphatic carbocycles. The number of hydrogen-bond acceptors (Lipinski definition) is 6. The summed E-state index contributed by atoms with van der Waals surface area (Å²) >= 11 is 4.45. The van der Waals surface area contributed by atoms with E-state index in [1.807, 2.05) is 0 Å². The first-order chi connectivity index (χ1) is 15.4. The molecule has 1 aliphatic rings. The summed E-state index contributed by atoms with van der Waals surface area (Å²) < 4.78 is 5.94. The Kier molecular flexibility index (Phi) is 6.20. The summed E-state index contributed by atoms with van der Waals surface area (Å²) in [7, 11) is 0. The third-order valence-electron chi connectivity index (χ3n) is 4.80. The maximum atomic E-state index is 12.7. The second-order valence-corrected chi connectivity index (χ2v) is 8.93. The van der Waals surface area contributed by atoms with Gasteiger partial charge in [0.15, 0.2) is 0 Å². The molecule has 9 heteroatoms. The van der Waals surface area contributed by atoms with Crippen LogP contribution in [-0.4, -0.2) is 35.2 Å². The van der Waals surface area contributed by atoms with E-state index in [4.69, 9.17) is 4.74 Å². The highest BCUT2D eigenvalue weighted by atomic mass is 79.9. The van der Waals surface area contributed by atoms with Gasteiger partial charge in [0, 0.05) is 14.9 Å². The van der Waals surface area contributed by atoms with Crippen molar-refractivity contribution < 1.29 is 23.9 Å². The van der Waals surface area contributed by atoms with Gasteiger partial charge in [0.1, 0.15) is 5.00 Å². The zero-order chi connectivity index (χ0) is 22.8. The fourth-order valence-corrected chi connectivity index (χ4v) is 4.58. The number of benzene rings is 2. The van der Waals surface area contributed by atoms with Crippen molar-refractivity contribution >= 4 is 56.0 Å². The highest BCUT2D eigenvalue weighted by Gasteiger charge is 2.35. The van der Waals surface area contributed by atoms with Gasteiger partial charge in [-0.25, -0.2) is 4.79 Å². The van der Waals surface area contributed by atoms with Crippen molar-refractivity contribution in [2.75, 3.05) is 11.9 Å². The van der Waals surface area contributed by atoms with Crippen LogP contribution in [0.3, 0.4) is 0 Å². The van der Waals surface area contributed by atoms with E-state index in [0.717, 1.165) is 20.7 Å². The SMILES string of the molecule is CCOC(=O)c1cc(CN2C(=O)c3ccccc3C2=O)sc1NC(=O)c1ccc(Br)cc1. The van der Waals surface area contributed by atoms with Gasteiger partial charge in [0.05, 0.1) is 29.8 Å². The van der Waals surface area contributed by atoms with E-state index in [0.29, 0.717) is 26.6 Å². The van der Waals surface area contributed by atoms with Crippen LogP contribution >= 0.6 is 27.3 Å². The number of nitrogens with one attached hydrogen (secondary N) is 1. The lowest BCUT2D eigenvalue weighted by Crippen LogP contribution is -2.28. The fraction of sp³-hybridized carbons (Fsp3) is 0.130. The fourth-order valence-electron chi connectivity index (χ4n) is 3.29. The lowest BCUT2D eigenvalue weighted by molar-refractivity contribution is 0.0527. The van der Waals surface area contributed by atoms with Crippen LogP contribution in [0.25, 0.3) is 0 Å². The van der Waals surface area contributed by atoms with Crippen LogP contribution in [0.1, 0.15) is 53.2 Å². The first kappa shape index (κ1) is 21.9. The van der Waals surface area contributed by atoms with E-state index in [-0.39, 0.29) is 18.7 Å². The van der Waals surface area contributed by atoms with Gasteiger partial charge >= 0.3 is 5.97 Å². The van der Waals surface area contributed by atoms with E-state index < -0.39 is 23.7 Å². The Balaban J connectivity index is 1.61. The molecule has 0 radical (unpaired) electrons. The molecule has 0 bridgehead atoms. The molecule has 32 heavy (non-hydrogen) atoms. The summed E-state index contributed by atoms with van der Waals surface area (Å²) in [6, 6.07) is 14.9. The summed E-state index contributed by atoms with van der Waals surface area (Å²) in [5, 5.41) is 3.04. The number of thiophene rings is 1. The van der Waals surface area contributed by atoms with Crippen molar-refractivity contribution in [3.63, 3.8) is 0 Å². The van der Waals surface area contributed by atoms with Gasteiger partial charge in [-0.3, -0.25) is 19.3 Å². The number of fused-ring (bicyclic) bond motifs is 1. The first-order valence-corrected chi connectivity index (χ1v) is 11.3. The number of ether oxygens (including phenoxy) is 1. The Bertz CT molecular complexity index is 1200. The van der Waals surface area contributed by atoms with Gasteiger partial charge in [-0.1, -0.05) is 28.1 Å². The Morgan fingerprint density at radius 3 is 2.25 bits per heavy atom. The maximum absolute atomic E-state index is 12.7. The van der Waals surface area contributed by atoms with Crippen molar-refractivity contribution in [3.8, 4) is 0 Å². The zero-order valence-corrected chi connectivity index (χ0v) is 19.3. The molecule has 0 atom stereocenters. The Morgan fingerprint density at radius 2 is 1.66 bits per heavy atom. The topological polar surface area (TPSA) is 92.8 Å². The molecule has 0 unspecified atom stereocenters. The second-order valence-electron chi connectivity index (χ2n) is 6.88. The van der Waals surface area contributed by atoms with E-state index >= 15 is 0 Å². The van der Waals surface area contributed by atoms with E-state index in [1.165, 1.54) is 0 Å². The number of rotatable bonds is 6. The standard InChI is InChI=1S/C23H17BrN2O5S/c1-2-31-23(30)18-11-15(12-26-21(28)16-5-3-4-6-17(16)22(26)29)32-20(18)25-19(27)13-7-9-14(24)10-8-13/h3-11H,2,12H2,1H3,(H,25,27). The minimum atomic E-state index is -0.594. The smallest absolute Gasteiger partial charge is 0.341 e. The summed E-state index contributed by atoms with van der Waals surface area (Å²) in [4.78, 5) is 52.2. The Hall–Kier alpha value is -3.30. The number of hydrogen-bond donors (Lipinski definition) is 1. The highest BCUT2D eigenvalue weighted by Crippen LogP contribution is 2.32. The molecule has 1 aromatic heterocycles. The van der Waals surface area contributed by atoms with Crippen molar-refractivity contribution in [1.82, 2.24) is 4.90 Å². The number of halogens is 1. The highest BCUT2D eigenvalue weighted by molar-refractivity contribution is 9.10. The summed E-state index contributed by atoms with van der Waals surface area (Å²) in [5.74, 6) is -1.77. The quantitative estimate of drug-likeness (QED) is 0.380. The molecule has 0 saturated carbocycles. The predicted molar refractivity (Wildman–Crippen MR) is 123 cm³/mol. The third-order valence-corrected chi connectivity index (χ3v) is 6.37. The maximum Gasteiger partial charge on any atom is 0.341 e. The first-order valence-electron chi connectivity index (χ1n) is 9.71. The Morgan fingerprint density at radius 1 is 1.03 bits per heavy atom. The molecular weight excluding hydrogens is 496 g/mol. The molecular formula is C23H17BrN2O5S.